The first-order valence-electron chi connectivity index (χ1n) is 8.54. The van der Waals surface area contributed by atoms with Gasteiger partial charge in [-0.3, -0.25) is 4.79 Å². The molecule has 0 aliphatic rings. The van der Waals surface area contributed by atoms with Crippen molar-refractivity contribution in [3.8, 4) is 5.75 Å². The standard InChI is InChI=1S/C19H23ClN2O4S/c1-4-5-13(2)22-27(24,25)16-10-11-18(26-3)17(12-16)21-19(23)14-6-8-15(20)9-7-14/h6-13,22H,4-5H2,1-3H3,(H,21,23)/t13-/m1/s1. The van der Waals surface area contributed by atoms with E-state index in [2.05, 4.69) is 10.0 Å². The predicted octanol–water partition coefficient (Wildman–Crippen LogP) is 4.07. The molecule has 0 radical (unpaired) electrons. The van der Waals surface area contributed by atoms with E-state index in [1.165, 1.54) is 25.3 Å². The van der Waals surface area contributed by atoms with Crippen molar-refractivity contribution < 1.29 is 17.9 Å². The molecule has 146 valence electrons. The highest BCUT2D eigenvalue weighted by atomic mass is 35.5. The zero-order chi connectivity index (χ0) is 20.0. The highest BCUT2D eigenvalue weighted by Crippen LogP contribution is 2.28. The molecule has 1 atom stereocenters. The van der Waals surface area contributed by atoms with Gasteiger partial charge in [0.25, 0.3) is 5.91 Å². The highest BCUT2D eigenvalue weighted by molar-refractivity contribution is 7.89. The summed E-state index contributed by atoms with van der Waals surface area (Å²) in [5.41, 5.74) is 0.660. The molecule has 0 unspecified atom stereocenters. The van der Waals surface area contributed by atoms with Crippen LogP contribution >= 0.6 is 11.6 Å². The lowest BCUT2D eigenvalue weighted by molar-refractivity contribution is 0.102. The maximum absolute atomic E-state index is 12.6. The fourth-order valence-corrected chi connectivity index (χ4v) is 4.00. The van der Waals surface area contributed by atoms with Crippen molar-refractivity contribution in [3.05, 3.63) is 53.1 Å². The minimum absolute atomic E-state index is 0.0534. The molecule has 0 heterocycles. The van der Waals surface area contributed by atoms with Crippen LogP contribution in [0.5, 0.6) is 5.75 Å². The lowest BCUT2D eigenvalue weighted by Crippen LogP contribution is -2.32. The molecule has 0 bridgehead atoms. The van der Waals surface area contributed by atoms with Crippen LogP contribution in [0.1, 0.15) is 37.0 Å². The zero-order valence-corrected chi connectivity index (χ0v) is 17.0. The Labute approximate surface area is 164 Å². The number of sulfonamides is 1. The van der Waals surface area contributed by atoms with Gasteiger partial charge in [0.15, 0.2) is 0 Å². The van der Waals surface area contributed by atoms with E-state index in [4.69, 9.17) is 16.3 Å². The molecule has 2 aromatic carbocycles. The Bertz CT molecular complexity index is 898. The molecule has 8 heteroatoms. The Hall–Kier alpha value is -2.09. The molecule has 0 aliphatic carbocycles. The first kappa shape index (κ1) is 21.2. The molecule has 2 aromatic rings. The number of methoxy groups -OCH3 is 1. The summed E-state index contributed by atoms with van der Waals surface area (Å²) in [6, 6.07) is 10.5. The maximum atomic E-state index is 12.6. The van der Waals surface area contributed by atoms with E-state index in [1.807, 2.05) is 13.8 Å². The fraction of sp³-hybridized carbons (Fsp3) is 0.316. The monoisotopic (exact) mass is 410 g/mol. The van der Waals surface area contributed by atoms with Gasteiger partial charge in [0.05, 0.1) is 17.7 Å². The minimum Gasteiger partial charge on any atom is -0.495 e. The number of amides is 1. The van der Waals surface area contributed by atoms with Gasteiger partial charge in [0.2, 0.25) is 10.0 Å². The highest BCUT2D eigenvalue weighted by Gasteiger charge is 2.20. The average Bonchev–Trinajstić information content (AvgIpc) is 2.62. The van der Waals surface area contributed by atoms with Gasteiger partial charge in [-0.1, -0.05) is 24.9 Å². The SMILES string of the molecule is CCC[C@@H](C)NS(=O)(=O)c1ccc(OC)c(NC(=O)c2ccc(Cl)cc2)c1. The third-order valence-corrected chi connectivity index (χ3v) is 5.75. The van der Waals surface area contributed by atoms with Crippen LogP contribution in [0.25, 0.3) is 0 Å². The van der Waals surface area contributed by atoms with E-state index in [9.17, 15) is 13.2 Å². The second-order valence-corrected chi connectivity index (χ2v) is 8.28. The number of halogens is 1. The summed E-state index contributed by atoms with van der Waals surface area (Å²) in [6.45, 7) is 3.80. The third kappa shape index (κ3) is 5.69. The van der Waals surface area contributed by atoms with E-state index in [0.29, 0.717) is 16.3 Å². The van der Waals surface area contributed by atoms with E-state index < -0.39 is 15.9 Å². The quantitative estimate of drug-likeness (QED) is 0.687. The van der Waals surface area contributed by atoms with Crippen LogP contribution < -0.4 is 14.8 Å². The summed E-state index contributed by atoms with van der Waals surface area (Å²) in [5, 5.41) is 3.21. The van der Waals surface area contributed by atoms with Gasteiger partial charge in [0.1, 0.15) is 5.75 Å². The molecule has 0 aliphatic heterocycles. The predicted molar refractivity (Wildman–Crippen MR) is 107 cm³/mol. The van der Waals surface area contributed by atoms with E-state index in [-0.39, 0.29) is 16.6 Å². The molecular formula is C19H23ClN2O4S. The third-order valence-electron chi connectivity index (χ3n) is 3.91. The second kappa shape index (κ2) is 9.21. The lowest BCUT2D eigenvalue weighted by Gasteiger charge is -2.15. The van der Waals surface area contributed by atoms with Gasteiger partial charge in [-0.05, 0) is 55.8 Å². The zero-order valence-electron chi connectivity index (χ0n) is 15.5. The number of carbonyl (C=O) groups excluding carboxylic acids is 1. The lowest BCUT2D eigenvalue weighted by atomic mass is 10.2. The molecule has 2 N–H and O–H groups in total. The van der Waals surface area contributed by atoms with Crippen LogP contribution in [0, 0.1) is 0 Å². The topological polar surface area (TPSA) is 84.5 Å². The number of anilines is 1. The summed E-state index contributed by atoms with van der Waals surface area (Å²) in [6.07, 6.45) is 1.60. The van der Waals surface area contributed by atoms with Crippen LogP contribution in [0.2, 0.25) is 5.02 Å². The summed E-state index contributed by atoms with van der Waals surface area (Å²) in [5.74, 6) is -0.0373. The van der Waals surface area contributed by atoms with Gasteiger partial charge in [-0.25, -0.2) is 13.1 Å². The molecule has 0 saturated carbocycles. The number of rotatable bonds is 8. The van der Waals surface area contributed by atoms with Crippen LogP contribution in [0.3, 0.4) is 0 Å². The van der Waals surface area contributed by atoms with E-state index in [1.54, 1.807) is 24.3 Å². The number of nitrogens with one attached hydrogen (secondary N) is 2. The molecule has 0 spiro atoms. The minimum atomic E-state index is -3.71. The molecule has 0 saturated heterocycles. The molecule has 0 aromatic heterocycles. The second-order valence-electron chi connectivity index (χ2n) is 6.13. The van der Waals surface area contributed by atoms with E-state index in [0.717, 1.165) is 12.8 Å². The van der Waals surface area contributed by atoms with Crippen LogP contribution in [-0.2, 0) is 10.0 Å². The van der Waals surface area contributed by atoms with Crippen molar-refractivity contribution in [2.45, 2.75) is 37.6 Å². The van der Waals surface area contributed by atoms with Crippen LogP contribution in [0.15, 0.2) is 47.4 Å². The van der Waals surface area contributed by atoms with Gasteiger partial charge in [0, 0.05) is 16.6 Å². The molecule has 1 amide bonds. The normalized spacial score (nSPS) is 12.4. The molecule has 6 nitrogen and oxygen atoms in total. The van der Waals surface area contributed by atoms with Crippen molar-refractivity contribution in [3.63, 3.8) is 0 Å². The Morgan fingerprint density at radius 2 is 1.85 bits per heavy atom. The van der Waals surface area contributed by atoms with Crippen molar-refractivity contribution >= 4 is 33.2 Å². The Balaban J connectivity index is 2.29. The van der Waals surface area contributed by atoms with Gasteiger partial charge in [-0.15, -0.1) is 0 Å². The fourth-order valence-electron chi connectivity index (χ4n) is 2.57. The van der Waals surface area contributed by atoms with Crippen LogP contribution in [-0.4, -0.2) is 27.5 Å². The Morgan fingerprint density at radius 3 is 2.44 bits per heavy atom. The van der Waals surface area contributed by atoms with E-state index >= 15 is 0 Å². The maximum Gasteiger partial charge on any atom is 0.255 e. The van der Waals surface area contributed by atoms with Crippen LogP contribution in [0.4, 0.5) is 5.69 Å². The summed E-state index contributed by atoms with van der Waals surface area (Å²) < 4.78 is 33.0. The van der Waals surface area contributed by atoms with Gasteiger partial charge >= 0.3 is 0 Å². The van der Waals surface area contributed by atoms with Crippen molar-refractivity contribution in [1.82, 2.24) is 4.72 Å². The number of ether oxygens (including phenoxy) is 1. The number of benzene rings is 2. The largest absolute Gasteiger partial charge is 0.495 e. The molecular weight excluding hydrogens is 388 g/mol. The molecule has 0 fully saturated rings. The van der Waals surface area contributed by atoms with Gasteiger partial charge in [-0.2, -0.15) is 0 Å². The molecule has 2 rings (SSSR count). The average molecular weight is 411 g/mol. The Morgan fingerprint density at radius 1 is 1.19 bits per heavy atom. The van der Waals surface area contributed by atoms with Crippen molar-refractivity contribution in [2.24, 2.45) is 0 Å². The van der Waals surface area contributed by atoms with Crippen molar-refractivity contribution in [2.75, 3.05) is 12.4 Å². The van der Waals surface area contributed by atoms with Gasteiger partial charge < -0.3 is 10.1 Å². The summed E-state index contributed by atoms with van der Waals surface area (Å²) in [7, 11) is -2.26. The van der Waals surface area contributed by atoms with Crippen molar-refractivity contribution in [1.29, 1.82) is 0 Å². The Kier molecular flexibility index (Phi) is 7.24. The number of hydrogen-bond acceptors (Lipinski definition) is 4. The summed E-state index contributed by atoms with van der Waals surface area (Å²) >= 11 is 5.83. The first-order chi connectivity index (χ1) is 12.8. The first-order valence-corrected chi connectivity index (χ1v) is 10.4. The number of carbonyl (C=O) groups is 1. The summed E-state index contributed by atoms with van der Waals surface area (Å²) in [4.78, 5) is 12.5. The smallest absolute Gasteiger partial charge is 0.255 e. The number of hydrogen-bond donors (Lipinski definition) is 2. The molecule has 27 heavy (non-hydrogen) atoms.